The first-order valence-electron chi connectivity index (χ1n) is 7.79. The van der Waals surface area contributed by atoms with E-state index in [1.807, 2.05) is 42.5 Å². The maximum Gasteiger partial charge on any atom is 0.251 e. The summed E-state index contributed by atoms with van der Waals surface area (Å²) in [6.45, 7) is 0.421. The van der Waals surface area contributed by atoms with Gasteiger partial charge in [0.15, 0.2) is 0 Å². The molecule has 1 aromatic heterocycles. The van der Waals surface area contributed by atoms with E-state index in [4.69, 9.17) is 16.3 Å². The molecule has 3 rings (SSSR count). The number of halogens is 1. The van der Waals surface area contributed by atoms with Crippen molar-refractivity contribution in [2.75, 3.05) is 7.11 Å². The standard InChI is InChI=1S/C20H17ClN2O2/c1-25-18-7-2-4-14(10-18)13-23-20(24)16-8-9-22-19(12-16)15-5-3-6-17(21)11-15/h2-12H,13H2,1H3,(H,23,24). The molecule has 1 heterocycles. The van der Waals surface area contributed by atoms with Crippen LogP contribution >= 0.6 is 11.6 Å². The molecule has 4 nitrogen and oxygen atoms in total. The SMILES string of the molecule is COc1cccc(CNC(=O)c2ccnc(-c3cccc(Cl)c3)c2)c1. The lowest BCUT2D eigenvalue weighted by atomic mass is 10.1. The normalized spacial score (nSPS) is 10.3. The van der Waals surface area contributed by atoms with Crippen molar-refractivity contribution in [3.63, 3.8) is 0 Å². The van der Waals surface area contributed by atoms with E-state index in [-0.39, 0.29) is 5.91 Å². The van der Waals surface area contributed by atoms with E-state index in [2.05, 4.69) is 10.3 Å². The molecule has 0 aliphatic heterocycles. The number of pyridine rings is 1. The molecule has 1 N–H and O–H groups in total. The quantitative estimate of drug-likeness (QED) is 0.743. The molecule has 5 heteroatoms. The fourth-order valence-electron chi connectivity index (χ4n) is 2.44. The third-order valence-corrected chi connectivity index (χ3v) is 3.96. The highest BCUT2D eigenvalue weighted by molar-refractivity contribution is 6.30. The minimum atomic E-state index is -0.159. The molecule has 0 atom stereocenters. The van der Waals surface area contributed by atoms with Crippen LogP contribution in [-0.2, 0) is 6.54 Å². The number of rotatable bonds is 5. The van der Waals surface area contributed by atoms with Crippen LogP contribution in [0.25, 0.3) is 11.3 Å². The van der Waals surface area contributed by atoms with Gasteiger partial charge in [-0.1, -0.05) is 35.9 Å². The number of benzene rings is 2. The number of ether oxygens (including phenoxy) is 1. The van der Waals surface area contributed by atoms with Gasteiger partial charge in [0.1, 0.15) is 5.75 Å². The molecule has 0 aliphatic carbocycles. The number of methoxy groups -OCH3 is 1. The third kappa shape index (κ3) is 4.37. The summed E-state index contributed by atoms with van der Waals surface area (Å²) in [5.74, 6) is 0.604. The number of amides is 1. The van der Waals surface area contributed by atoms with Crippen LogP contribution in [-0.4, -0.2) is 18.0 Å². The molecule has 0 bridgehead atoms. The highest BCUT2D eigenvalue weighted by atomic mass is 35.5. The highest BCUT2D eigenvalue weighted by Gasteiger charge is 2.08. The Kier molecular flexibility index (Phi) is 5.31. The zero-order chi connectivity index (χ0) is 17.6. The van der Waals surface area contributed by atoms with E-state index in [1.54, 1.807) is 31.5 Å². The maximum absolute atomic E-state index is 12.4. The van der Waals surface area contributed by atoms with Gasteiger partial charge < -0.3 is 10.1 Å². The Balaban J connectivity index is 1.73. The van der Waals surface area contributed by atoms with E-state index >= 15 is 0 Å². The Morgan fingerprint density at radius 2 is 1.96 bits per heavy atom. The Morgan fingerprint density at radius 3 is 2.76 bits per heavy atom. The van der Waals surface area contributed by atoms with E-state index in [9.17, 15) is 4.79 Å². The number of hydrogen-bond acceptors (Lipinski definition) is 3. The second kappa shape index (κ2) is 7.81. The van der Waals surface area contributed by atoms with Gasteiger partial charge in [-0.2, -0.15) is 0 Å². The van der Waals surface area contributed by atoms with Gasteiger partial charge >= 0.3 is 0 Å². The van der Waals surface area contributed by atoms with Gasteiger partial charge in [-0.25, -0.2) is 0 Å². The number of aromatic nitrogens is 1. The van der Waals surface area contributed by atoms with Crippen molar-refractivity contribution < 1.29 is 9.53 Å². The first-order valence-corrected chi connectivity index (χ1v) is 8.16. The van der Waals surface area contributed by atoms with Crippen molar-refractivity contribution in [1.82, 2.24) is 10.3 Å². The van der Waals surface area contributed by atoms with Crippen molar-refractivity contribution in [2.45, 2.75) is 6.54 Å². The fraction of sp³-hybridized carbons (Fsp3) is 0.100. The largest absolute Gasteiger partial charge is 0.497 e. The second-order valence-electron chi connectivity index (χ2n) is 5.47. The Bertz CT molecular complexity index is 896. The summed E-state index contributed by atoms with van der Waals surface area (Å²) >= 11 is 6.02. The van der Waals surface area contributed by atoms with Crippen molar-refractivity contribution in [1.29, 1.82) is 0 Å². The fourth-order valence-corrected chi connectivity index (χ4v) is 2.63. The van der Waals surface area contributed by atoms with Crippen LogP contribution in [0.4, 0.5) is 0 Å². The van der Waals surface area contributed by atoms with Gasteiger partial charge in [-0.3, -0.25) is 9.78 Å². The number of nitrogens with zero attached hydrogens (tertiary/aromatic N) is 1. The number of hydrogen-bond donors (Lipinski definition) is 1. The minimum Gasteiger partial charge on any atom is -0.497 e. The van der Waals surface area contributed by atoms with Crippen LogP contribution in [0.1, 0.15) is 15.9 Å². The summed E-state index contributed by atoms with van der Waals surface area (Å²) in [6, 6.07) is 18.4. The van der Waals surface area contributed by atoms with E-state index < -0.39 is 0 Å². The molecule has 3 aromatic rings. The Labute approximate surface area is 151 Å². The van der Waals surface area contributed by atoms with Crippen molar-refractivity contribution in [2.24, 2.45) is 0 Å². The van der Waals surface area contributed by atoms with Gasteiger partial charge in [-0.15, -0.1) is 0 Å². The van der Waals surface area contributed by atoms with Crippen molar-refractivity contribution in [3.05, 3.63) is 83.0 Å². The molecule has 2 aromatic carbocycles. The molecule has 25 heavy (non-hydrogen) atoms. The summed E-state index contributed by atoms with van der Waals surface area (Å²) in [7, 11) is 1.62. The molecular weight excluding hydrogens is 336 g/mol. The molecule has 0 spiro atoms. The average molecular weight is 353 g/mol. The molecule has 0 fully saturated rings. The summed E-state index contributed by atoms with van der Waals surface area (Å²) in [5, 5.41) is 3.54. The zero-order valence-electron chi connectivity index (χ0n) is 13.7. The smallest absolute Gasteiger partial charge is 0.251 e. The molecule has 0 saturated carbocycles. The van der Waals surface area contributed by atoms with E-state index in [0.717, 1.165) is 16.9 Å². The van der Waals surface area contributed by atoms with Crippen LogP contribution in [0.15, 0.2) is 66.9 Å². The summed E-state index contributed by atoms with van der Waals surface area (Å²) in [6.07, 6.45) is 1.62. The number of carbonyl (C=O) groups excluding carboxylic acids is 1. The monoisotopic (exact) mass is 352 g/mol. The highest BCUT2D eigenvalue weighted by Crippen LogP contribution is 2.21. The van der Waals surface area contributed by atoms with Crippen LogP contribution in [0.5, 0.6) is 5.75 Å². The Hall–Kier alpha value is -2.85. The number of carbonyl (C=O) groups is 1. The first kappa shape index (κ1) is 17.0. The van der Waals surface area contributed by atoms with Gasteiger partial charge in [0, 0.05) is 28.9 Å². The molecule has 1 amide bonds. The summed E-state index contributed by atoms with van der Waals surface area (Å²) < 4.78 is 5.19. The van der Waals surface area contributed by atoms with Crippen LogP contribution in [0.3, 0.4) is 0 Å². The van der Waals surface area contributed by atoms with E-state index in [1.165, 1.54) is 0 Å². The van der Waals surface area contributed by atoms with Gasteiger partial charge in [0.25, 0.3) is 5.91 Å². The van der Waals surface area contributed by atoms with Crippen LogP contribution in [0, 0.1) is 0 Å². The van der Waals surface area contributed by atoms with Crippen molar-refractivity contribution >= 4 is 17.5 Å². The topological polar surface area (TPSA) is 51.2 Å². The summed E-state index contributed by atoms with van der Waals surface area (Å²) in [5.41, 5.74) is 3.09. The molecule has 0 saturated heterocycles. The minimum absolute atomic E-state index is 0.159. The van der Waals surface area contributed by atoms with Gasteiger partial charge in [-0.05, 0) is 42.0 Å². The van der Waals surface area contributed by atoms with Crippen molar-refractivity contribution in [3.8, 4) is 17.0 Å². The molecule has 126 valence electrons. The average Bonchev–Trinajstić information content (AvgIpc) is 2.66. The zero-order valence-corrected chi connectivity index (χ0v) is 14.5. The van der Waals surface area contributed by atoms with E-state index in [0.29, 0.717) is 22.8 Å². The maximum atomic E-state index is 12.4. The second-order valence-corrected chi connectivity index (χ2v) is 5.91. The third-order valence-electron chi connectivity index (χ3n) is 3.73. The molecule has 0 radical (unpaired) electrons. The summed E-state index contributed by atoms with van der Waals surface area (Å²) in [4.78, 5) is 16.7. The molecule has 0 unspecified atom stereocenters. The van der Waals surface area contributed by atoms with Crippen LogP contribution < -0.4 is 10.1 Å². The van der Waals surface area contributed by atoms with Crippen LogP contribution in [0.2, 0.25) is 5.02 Å². The van der Waals surface area contributed by atoms with Gasteiger partial charge in [0.2, 0.25) is 0 Å². The van der Waals surface area contributed by atoms with Gasteiger partial charge in [0.05, 0.1) is 12.8 Å². The first-order chi connectivity index (χ1) is 12.2. The lowest BCUT2D eigenvalue weighted by Gasteiger charge is -2.08. The predicted molar refractivity (Wildman–Crippen MR) is 98.8 cm³/mol. The molecular formula is C20H17ClN2O2. The molecule has 0 aliphatic rings. The lowest BCUT2D eigenvalue weighted by molar-refractivity contribution is 0.0951. The Morgan fingerprint density at radius 1 is 1.12 bits per heavy atom. The predicted octanol–water partition coefficient (Wildman–Crippen LogP) is 4.34. The number of nitrogens with one attached hydrogen (secondary N) is 1. The lowest BCUT2D eigenvalue weighted by Crippen LogP contribution is -2.22.